The maximum Gasteiger partial charge on any atom is 0.200 e. The lowest BCUT2D eigenvalue weighted by atomic mass is 10.0. The van der Waals surface area contributed by atoms with Crippen LogP contribution in [0.3, 0.4) is 0 Å². The molecule has 130 valence electrons. The Labute approximate surface area is 150 Å². The first kappa shape index (κ1) is 15.2. The number of anilines is 1. The second kappa shape index (κ2) is 6.34. The van der Waals surface area contributed by atoms with Gasteiger partial charge in [-0.1, -0.05) is 42.5 Å². The average molecular weight is 345 g/mol. The Morgan fingerprint density at radius 1 is 0.846 bits per heavy atom. The molecule has 0 atom stereocenters. The van der Waals surface area contributed by atoms with E-state index in [4.69, 9.17) is 0 Å². The van der Waals surface area contributed by atoms with Crippen LogP contribution in [0.25, 0.3) is 16.4 Å². The van der Waals surface area contributed by atoms with Gasteiger partial charge < -0.3 is 4.90 Å². The zero-order chi connectivity index (χ0) is 17.3. The lowest BCUT2D eigenvalue weighted by Gasteiger charge is -2.35. The van der Waals surface area contributed by atoms with Crippen molar-refractivity contribution in [3.63, 3.8) is 0 Å². The molecule has 3 heterocycles. The van der Waals surface area contributed by atoms with E-state index < -0.39 is 0 Å². The summed E-state index contributed by atoms with van der Waals surface area (Å²) in [7, 11) is 0. The van der Waals surface area contributed by atoms with Crippen LogP contribution < -0.4 is 4.90 Å². The molecule has 0 radical (unpaired) electrons. The lowest BCUT2D eigenvalue weighted by molar-refractivity contribution is 0.250. The largest absolute Gasteiger partial charge is 0.353 e. The number of hydrogen-bond acceptors (Lipinski definition) is 6. The molecule has 5 rings (SSSR count). The highest BCUT2D eigenvalue weighted by Crippen LogP contribution is 2.21. The summed E-state index contributed by atoms with van der Waals surface area (Å²) in [5.74, 6) is 0.926. The normalized spacial score (nSPS) is 15.8. The van der Waals surface area contributed by atoms with Gasteiger partial charge in [-0.25, -0.2) is 0 Å². The Morgan fingerprint density at radius 2 is 1.69 bits per heavy atom. The van der Waals surface area contributed by atoms with Gasteiger partial charge in [0, 0.05) is 32.7 Å². The van der Waals surface area contributed by atoms with Crippen LogP contribution in [0.15, 0.2) is 54.6 Å². The summed E-state index contributed by atoms with van der Waals surface area (Å²) < 4.78 is 1.48. The minimum absolute atomic E-state index is 0.670. The van der Waals surface area contributed by atoms with Crippen LogP contribution in [-0.2, 0) is 6.54 Å². The third kappa shape index (κ3) is 2.76. The fourth-order valence-corrected chi connectivity index (χ4v) is 3.62. The van der Waals surface area contributed by atoms with Gasteiger partial charge in [0.25, 0.3) is 0 Å². The van der Waals surface area contributed by atoms with Crippen LogP contribution in [-0.4, -0.2) is 56.3 Å². The predicted molar refractivity (Wildman–Crippen MR) is 100 cm³/mol. The van der Waals surface area contributed by atoms with Crippen LogP contribution in [0.4, 0.5) is 5.82 Å². The van der Waals surface area contributed by atoms with Gasteiger partial charge in [-0.15, -0.1) is 14.8 Å². The molecule has 0 bridgehead atoms. The number of hydrogen-bond donors (Lipinski definition) is 0. The topological polar surface area (TPSA) is 62.5 Å². The summed E-state index contributed by atoms with van der Waals surface area (Å²) in [6, 6.07) is 19.1. The average Bonchev–Trinajstić information content (AvgIpc) is 3.17. The summed E-state index contributed by atoms with van der Waals surface area (Å²) in [5.41, 5.74) is 2.06. The van der Waals surface area contributed by atoms with E-state index in [-0.39, 0.29) is 0 Å². The van der Waals surface area contributed by atoms with Crippen LogP contribution in [0.1, 0.15) is 5.56 Å². The molecule has 0 spiro atoms. The van der Waals surface area contributed by atoms with E-state index in [1.165, 1.54) is 21.0 Å². The molecule has 4 aromatic rings. The van der Waals surface area contributed by atoms with Gasteiger partial charge in [0.15, 0.2) is 11.5 Å². The monoisotopic (exact) mass is 345 g/mol. The maximum atomic E-state index is 4.50. The summed E-state index contributed by atoms with van der Waals surface area (Å²) >= 11 is 0. The fraction of sp³-hybridized carbons (Fsp3) is 0.263. The third-order valence-corrected chi connectivity index (χ3v) is 5.03. The van der Waals surface area contributed by atoms with E-state index in [0.717, 1.165) is 38.5 Å². The van der Waals surface area contributed by atoms with Crippen molar-refractivity contribution >= 4 is 22.2 Å². The first-order chi connectivity index (χ1) is 12.9. The molecule has 0 aliphatic carbocycles. The molecule has 7 heteroatoms. The van der Waals surface area contributed by atoms with Crippen molar-refractivity contribution in [1.29, 1.82) is 0 Å². The molecule has 1 aliphatic rings. The number of piperazine rings is 1. The molecule has 26 heavy (non-hydrogen) atoms. The minimum atomic E-state index is 0.670. The standard InChI is InChI=1S/C19H19N7/c1-2-7-17-15(4-1)5-3-6-16(17)14-24-10-12-25(13-11-24)19-9-8-18-20-22-23-26(18)21-19/h1-9H,10-14H2. The molecule has 7 nitrogen and oxygen atoms in total. The molecular formula is C19H19N7. The number of aromatic nitrogens is 5. The second-order valence-electron chi connectivity index (χ2n) is 6.62. The third-order valence-electron chi connectivity index (χ3n) is 5.03. The van der Waals surface area contributed by atoms with Gasteiger partial charge in [0.05, 0.1) is 0 Å². The summed E-state index contributed by atoms with van der Waals surface area (Å²) in [5, 5.41) is 18.6. The van der Waals surface area contributed by atoms with Crippen molar-refractivity contribution in [3.05, 3.63) is 60.2 Å². The van der Waals surface area contributed by atoms with Crippen molar-refractivity contribution in [1.82, 2.24) is 30.2 Å². The molecule has 2 aromatic carbocycles. The Balaban J connectivity index is 1.29. The second-order valence-corrected chi connectivity index (χ2v) is 6.62. The van der Waals surface area contributed by atoms with Gasteiger partial charge in [-0.2, -0.15) is 0 Å². The molecule has 0 saturated carbocycles. The van der Waals surface area contributed by atoms with E-state index in [1.807, 2.05) is 12.1 Å². The highest BCUT2D eigenvalue weighted by atomic mass is 15.6. The van der Waals surface area contributed by atoms with Gasteiger partial charge >= 0.3 is 0 Å². The van der Waals surface area contributed by atoms with Crippen LogP contribution in [0, 0.1) is 0 Å². The maximum absolute atomic E-state index is 4.50. The van der Waals surface area contributed by atoms with E-state index in [1.54, 1.807) is 0 Å². The lowest BCUT2D eigenvalue weighted by Crippen LogP contribution is -2.46. The summed E-state index contributed by atoms with van der Waals surface area (Å²) in [4.78, 5) is 4.80. The van der Waals surface area contributed by atoms with Crippen molar-refractivity contribution < 1.29 is 0 Å². The van der Waals surface area contributed by atoms with Crippen LogP contribution in [0.5, 0.6) is 0 Å². The Morgan fingerprint density at radius 3 is 2.62 bits per heavy atom. The van der Waals surface area contributed by atoms with Crippen molar-refractivity contribution in [3.8, 4) is 0 Å². The van der Waals surface area contributed by atoms with Crippen molar-refractivity contribution in [2.75, 3.05) is 31.1 Å². The smallest absolute Gasteiger partial charge is 0.200 e. The minimum Gasteiger partial charge on any atom is -0.353 e. The van der Waals surface area contributed by atoms with Gasteiger partial charge in [-0.3, -0.25) is 4.90 Å². The summed E-state index contributed by atoms with van der Waals surface area (Å²) in [6.07, 6.45) is 0. The molecule has 1 fully saturated rings. The zero-order valence-corrected chi connectivity index (χ0v) is 14.4. The van der Waals surface area contributed by atoms with E-state index in [9.17, 15) is 0 Å². The number of tetrazole rings is 1. The van der Waals surface area contributed by atoms with E-state index >= 15 is 0 Å². The van der Waals surface area contributed by atoms with Crippen LogP contribution in [0.2, 0.25) is 0 Å². The Hall–Kier alpha value is -3.06. The SMILES string of the molecule is c1ccc2c(CN3CCN(c4ccc5nnnn5n4)CC3)cccc2c1. The number of rotatable bonds is 3. The molecule has 1 saturated heterocycles. The fourth-order valence-electron chi connectivity index (χ4n) is 3.62. The van der Waals surface area contributed by atoms with Crippen molar-refractivity contribution in [2.24, 2.45) is 0 Å². The van der Waals surface area contributed by atoms with E-state index in [0.29, 0.717) is 5.65 Å². The highest BCUT2D eigenvalue weighted by molar-refractivity contribution is 5.85. The Bertz CT molecular complexity index is 1040. The summed E-state index contributed by atoms with van der Waals surface area (Å²) in [6.45, 7) is 4.91. The zero-order valence-electron chi connectivity index (χ0n) is 14.4. The van der Waals surface area contributed by atoms with Crippen molar-refractivity contribution in [2.45, 2.75) is 6.54 Å². The molecule has 2 aromatic heterocycles. The predicted octanol–water partition coefficient (Wildman–Crippen LogP) is 1.99. The van der Waals surface area contributed by atoms with Gasteiger partial charge in [0.2, 0.25) is 0 Å². The molecule has 0 N–H and O–H groups in total. The highest BCUT2D eigenvalue weighted by Gasteiger charge is 2.19. The first-order valence-corrected chi connectivity index (χ1v) is 8.86. The Kier molecular flexibility index (Phi) is 3.71. The number of fused-ring (bicyclic) bond motifs is 2. The number of nitrogens with zero attached hydrogens (tertiary/aromatic N) is 7. The first-order valence-electron chi connectivity index (χ1n) is 8.86. The number of benzene rings is 2. The molecule has 0 amide bonds. The van der Waals surface area contributed by atoms with E-state index in [2.05, 4.69) is 72.9 Å². The quantitative estimate of drug-likeness (QED) is 0.566. The van der Waals surface area contributed by atoms with Gasteiger partial charge in [-0.05, 0) is 38.9 Å². The van der Waals surface area contributed by atoms with Crippen LogP contribution >= 0.6 is 0 Å². The molecular weight excluding hydrogens is 326 g/mol. The van der Waals surface area contributed by atoms with Gasteiger partial charge in [0.1, 0.15) is 0 Å². The molecule has 1 aliphatic heterocycles. The molecule has 0 unspecified atom stereocenters.